The predicted octanol–water partition coefficient (Wildman–Crippen LogP) is 5.71. The van der Waals surface area contributed by atoms with Crippen molar-refractivity contribution in [3.8, 4) is 11.5 Å². The second-order valence-electron chi connectivity index (χ2n) is 7.39. The van der Waals surface area contributed by atoms with Gasteiger partial charge in [-0.25, -0.2) is 0 Å². The minimum absolute atomic E-state index is 0.259. The molecule has 4 nitrogen and oxygen atoms in total. The van der Waals surface area contributed by atoms with Crippen molar-refractivity contribution in [3.63, 3.8) is 0 Å². The van der Waals surface area contributed by atoms with Gasteiger partial charge in [0.15, 0.2) is 0 Å². The third-order valence-corrected chi connectivity index (χ3v) is 20.7. The normalized spacial score (nSPS) is 11.6. The average Bonchev–Trinajstić information content (AvgIpc) is 2.70. The molecule has 5 heteroatoms. The predicted molar refractivity (Wildman–Crippen MR) is 116 cm³/mol. The molecule has 156 valence electrons. The monoisotopic (exact) mass is 488 g/mol. The SMILES string of the molecule is CCC[CH2][Sn]([CH2]CCC)([CH2]CCC)[c]1cc(OCOC)cc(OCOC)c1. The summed E-state index contributed by atoms with van der Waals surface area (Å²) in [7, 11) is 3.30. The van der Waals surface area contributed by atoms with Gasteiger partial charge in [-0.05, 0) is 0 Å². The molecule has 0 aromatic heterocycles. The van der Waals surface area contributed by atoms with Crippen molar-refractivity contribution in [1.82, 2.24) is 0 Å². The first-order valence-corrected chi connectivity index (χ1v) is 18.0. The summed E-state index contributed by atoms with van der Waals surface area (Å²) in [6.07, 6.45) is 7.81. The Bertz CT molecular complexity index is 459. The number of benzene rings is 1. The zero-order chi connectivity index (χ0) is 20.0. The first-order chi connectivity index (χ1) is 13.2. The Morgan fingerprint density at radius 2 is 1.07 bits per heavy atom. The molecule has 0 heterocycles. The van der Waals surface area contributed by atoms with E-state index in [-0.39, 0.29) is 13.6 Å². The van der Waals surface area contributed by atoms with Gasteiger partial charge in [-0.15, -0.1) is 0 Å². The maximum absolute atomic E-state index is 5.82. The summed E-state index contributed by atoms with van der Waals surface area (Å²) in [5.74, 6) is 1.71. The molecule has 0 N–H and O–H groups in total. The van der Waals surface area contributed by atoms with Gasteiger partial charge in [0, 0.05) is 0 Å². The molecule has 1 aromatic carbocycles. The Kier molecular flexibility index (Phi) is 13.2. The van der Waals surface area contributed by atoms with Crippen LogP contribution in [-0.2, 0) is 9.47 Å². The van der Waals surface area contributed by atoms with Crippen LogP contribution in [0.1, 0.15) is 59.3 Å². The zero-order valence-corrected chi connectivity index (χ0v) is 21.0. The fraction of sp³-hybridized carbons (Fsp3) is 0.727. The van der Waals surface area contributed by atoms with Crippen molar-refractivity contribution in [2.45, 2.75) is 72.6 Å². The molecule has 1 aromatic rings. The fourth-order valence-electron chi connectivity index (χ4n) is 3.65. The van der Waals surface area contributed by atoms with Gasteiger partial charge < -0.3 is 0 Å². The van der Waals surface area contributed by atoms with Crippen LogP contribution in [0.25, 0.3) is 0 Å². The van der Waals surface area contributed by atoms with E-state index < -0.39 is 18.4 Å². The van der Waals surface area contributed by atoms with Crippen LogP contribution < -0.4 is 13.1 Å². The molecular weight excluding hydrogens is 447 g/mol. The third-order valence-electron chi connectivity index (χ3n) is 5.21. The average molecular weight is 487 g/mol. The summed E-state index contributed by atoms with van der Waals surface area (Å²) in [5.41, 5.74) is 0. The van der Waals surface area contributed by atoms with Gasteiger partial charge in [-0.3, -0.25) is 0 Å². The van der Waals surface area contributed by atoms with Gasteiger partial charge in [0.25, 0.3) is 0 Å². The quantitative estimate of drug-likeness (QED) is 0.221. The van der Waals surface area contributed by atoms with Crippen LogP contribution >= 0.6 is 0 Å². The number of ether oxygens (including phenoxy) is 4. The molecule has 0 aliphatic rings. The number of hydrogen-bond donors (Lipinski definition) is 0. The first kappa shape index (κ1) is 24.6. The molecule has 0 saturated carbocycles. The van der Waals surface area contributed by atoms with E-state index in [1.54, 1.807) is 17.8 Å². The Labute approximate surface area is 170 Å². The molecule has 0 saturated heterocycles. The Balaban J connectivity index is 3.30. The standard InChI is InChI=1S/C10H13O4.3C4H9.Sn/c1-11-7-13-9-4-3-5-10(6-9)14-8-12-2;3*1-3-4-2;/h4-6H,7-8H2,1-2H3;3*1,3-4H2,2H3;. The van der Waals surface area contributed by atoms with Gasteiger partial charge >= 0.3 is 171 Å². The topological polar surface area (TPSA) is 36.9 Å². The molecule has 0 bridgehead atoms. The van der Waals surface area contributed by atoms with E-state index in [9.17, 15) is 0 Å². The third kappa shape index (κ3) is 8.61. The molecule has 0 spiro atoms. The van der Waals surface area contributed by atoms with Crippen molar-refractivity contribution in [1.29, 1.82) is 0 Å². The Morgan fingerprint density at radius 3 is 1.41 bits per heavy atom. The summed E-state index contributed by atoms with van der Waals surface area (Å²) in [4.78, 5) is 0. The first-order valence-electron chi connectivity index (χ1n) is 10.5. The minimum atomic E-state index is -2.54. The van der Waals surface area contributed by atoms with Gasteiger partial charge in [0.05, 0.1) is 0 Å². The van der Waals surface area contributed by atoms with E-state index in [4.69, 9.17) is 18.9 Å². The van der Waals surface area contributed by atoms with Crippen LogP contribution in [0.15, 0.2) is 18.2 Å². The van der Waals surface area contributed by atoms with Crippen LogP contribution in [0, 0.1) is 0 Å². The summed E-state index contributed by atoms with van der Waals surface area (Å²) < 4.78 is 27.7. The molecule has 0 fully saturated rings. The second kappa shape index (κ2) is 14.5. The Hall–Kier alpha value is -0.461. The molecule has 0 unspecified atom stereocenters. The van der Waals surface area contributed by atoms with Crippen molar-refractivity contribution in [2.75, 3.05) is 27.8 Å². The number of unbranched alkanes of at least 4 members (excludes halogenated alkanes) is 3. The van der Waals surface area contributed by atoms with Gasteiger partial charge in [0.2, 0.25) is 0 Å². The maximum atomic E-state index is 5.82. The summed E-state index contributed by atoms with van der Waals surface area (Å²) in [6.45, 7) is 7.44. The fourth-order valence-corrected chi connectivity index (χ4v) is 19.6. The molecule has 0 amide bonds. The molecule has 0 aliphatic heterocycles. The van der Waals surface area contributed by atoms with Crippen LogP contribution in [0.4, 0.5) is 0 Å². The van der Waals surface area contributed by atoms with E-state index in [1.807, 2.05) is 6.07 Å². The number of hydrogen-bond acceptors (Lipinski definition) is 4. The van der Waals surface area contributed by atoms with E-state index in [1.165, 1.54) is 51.8 Å². The second-order valence-corrected chi connectivity index (χ2v) is 20.6. The van der Waals surface area contributed by atoms with E-state index in [0.717, 1.165) is 11.5 Å². The van der Waals surface area contributed by atoms with E-state index in [0.29, 0.717) is 0 Å². The molecule has 0 atom stereocenters. The van der Waals surface area contributed by atoms with Gasteiger partial charge in [-0.2, -0.15) is 0 Å². The van der Waals surface area contributed by atoms with Crippen molar-refractivity contribution >= 4 is 22.0 Å². The van der Waals surface area contributed by atoms with Gasteiger partial charge in [0.1, 0.15) is 0 Å². The molecular formula is C22H40O4Sn. The van der Waals surface area contributed by atoms with E-state index >= 15 is 0 Å². The van der Waals surface area contributed by atoms with Gasteiger partial charge in [-0.1, -0.05) is 0 Å². The summed E-state index contributed by atoms with van der Waals surface area (Å²) >= 11 is -2.54. The molecule has 0 radical (unpaired) electrons. The van der Waals surface area contributed by atoms with Crippen molar-refractivity contribution in [2.24, 2.45) is 0 Å². The van der Waals surface area contributed by atoms with Crippen molar-refractivity contribution < 1.29 is 18.9 Å². The number of methoxy groups -OCH3 is 2. The van der Waals surface area contributed by atoms with Crippen molar-refractivity contribution in [3.05, 3.63) is 18.2 Å². The summed E-state index contributed by atoms with van der Waals surface area (Å²) in [6, 6.07) is 6.53. The molecule has 27 heavy (non-hydrogen) atoms. The van der Waals surface area contributed by atoms with Crippen LogP contribution in [0.3, 0.4) is 0 Å². The van der Waals surface area contributed by atoms with Crippen LogP contribution in [-0.4, -0.2) is 46.2 Å². The summed E-state index contributed by atoms with van der Waals surface area (Å²) in [5, 5.41) is 0. The number of rotatable bonds is 16. The van der Waals surface area contributed by atoms with Crippen LogP contribution in [0.2, 0.25) is 13.3 Å². The molecule has 1 rings (SSSR count). The van der Waals surface area contributed by atoms with E-state index in [2.05, 4.69) is 32.9 Å². The van der Waals surface area contributed by atoms with Crippen LogP contribution in [0.5, 0.6) is 11.5 Å². The zero-order valence-electron chi connectivity index (χ0n) is 18.1. The Morgan fingerprint density at radius 1 is 0.667 bits per heavy atom. The molecule has 0 aliphatic carbocycles.